The minimum absolute atomic E-state index is 0.0191. The van der Waals surface area contributed by atoms with Crippen LogP contribution in [0.2, 0.25) is 0 Å². The summed E-state index contributed by atoms with van der Waals surface area (Å²) in [6.45, 7) is 1.47. The number of esters is 1. The number of aliphatic hydroxyl groups is 1. The van der Waals surface area contributed by atoms with E-state index in [0.717, 1.165) is 4.90 Å². The fourth-order valence-electron chi connectivity index (χ4n) is 4.19. The topological polar surface area (TPSA) is 151 Å². The van der Waals surface area contributed by atoms with Gasteiger partial charge in [0.05, 0.1) is 18.8 Å². The molecule has 1 fully saturated rings. The van der Waals surface area contributed by atoms with Gasteiger partial charge in [-0.2, -0.15) is 0 Å². The molecule has 11 nitrogen and oxygen atoms in total. The highest BCUT2D eigenvalue weighted by atomic mass is 16.5. The number of carbonyl (C=O) groups is 3. The van der Waals surface area contributed by atoms with Gasteiger partial charge in [-0.05, 0) is 32.6 Å². The van der Waals surface area contributed by atoms with Crippen molar-refractivity contribution in [3.8, 4) is 5.75 Å². The van der Waals surface area contributed by atoms with Crippen LogP contribution in [0.25, 0.3) is 0 Å². The highest BCUT2D eigenvalue weighted by Crippen LogP contribution is 2.49. The Kier molecular flexibility index (Phi) is 5.59. The minimum Gasteiger partial charge on any atom is -0.501 e. The van der Waals surface area contributed by atoms with Crippen LogP contribution >= 0.6 is 0 Å². The van der Waals surface area contributed by atoms with Gasteiger partial charge in [0.1, 0.15) is 5.82 Å². The van der Waals surface area contributed by atoms with Gasteiger partial charge < -0.3 is 25.2 Å². The number of likely N-dealkylation sites (N-methyl/N-ethyl adjacent to an activating group) is 1. The summed E-state index contributed by atoms with van der Waals surface area (Å²) in [7, 11) is 2.88. The van der Waals surface area contributed by atoms with Crippen molar-refractivity contribution in [3.63, 3.8) is 0 Å². The molecular formula is C19H26N4O7. The maximum Gasteiger partial charge on any atom is 0.361 e. The lowest BCUT2D eigenvalue weighted by Crippen LogP contribution is -2.54. The lowest BCUT2D eigenvalue weighted by molar-refractivity contribution is -0.145. The number of nitrogens with zero attached hydrogens (tertiary/aromatic N) is 3. The highest BCUT2D eigenvalue weighted by molar-refractivity contribution is 6.35. The largest absolute Gasteiger partial charge is 0.501 e. The molecule has 1 aromatic heterocycles. The fraction of sp³-hybridized carbons (Fsp3) is 0.632. The van der Waals surface area contributed by atoms with Crippen LogP contribution in [0.4, 0.5) is 0 Å². The van der Waals surface area contributed by atoms with Crippen molar-refractivity contribution in [1.29, 1.82) is 0 Å². The molecule has 2 aliphatic heterocycles. The molecule has 0 saturated heterocycles. The predicted molar refractivity (Wildman–Crippen MR) is 103 cm³/mol. The number of fused-ring (bicyclic) bond motifs is 2. The third-order valence-electron chi connectivity index (χ3n) is 5.99. The van der Waals surface area contributed by atoms with Crippen LogP contribution in [0.15, 0.2) is 4.79 Å². The van der Waals surface area contributed by atoms with Crippen molar-refractivity contribution in [2.75, 3.05) is 27.3 Å². The maximum absolute atomic E-state index is 12.9. The third kappa shape index (κ3) is 3.42. The quantitative estimate of drug-likeness (QED) is 0.417. The lowest BCUT2D eigenvalue weighted by Gasteiger charge is -2.41. The second-order valence-electron chi connectivity index (χ2n) is 8.14. The Balaban J connectivity index is 2.19. The molecule has 3 N–H and O–H groups in total. The van der Waals surface area contributed by atoms with Crippen molar-refractivity contribution in [2.24, 2.45) is 5.41 Å². The number of amides is 2. The van der Waals surface area contributed by atoms with Crippen molar-refractivity contribution in [1.82, 2.24) is 19.8 Å². The van der Waals surface area contributed by atoms with E-state index in [2.05, 4.69) is 10.3 Å². The van der Waals surface area contributed by atoms with Crippen LogP contribution in [-0.4, -0.2) is 69.8 Å². The number of rotatable bonds is 4. The predicted octanol–water partition coefficient (Wildman–Crippen LogP) is -0.908. The summed E-state index contributed by atoms with van der Waals surface area (Å²) in [4.78, 5) is 55.3. The second-order valence-corrected chi connectivity index (χ2v) is 8.14. The Morgan fingerprint density at radius 1 is 1.23 bits per heavy atom. The van der Waals surface area contributed by atoms with E-state index in [4.69, 9.17) is 4.74 Å². The molecule has 1 saturated carbocycles. The first-order chi connectivity index (χ1) is 14.1. The summed E-state index contributed by atoms with van der Waals surface area (Å²) >= 11 is 0. The Labute approximate surface area is 172 Å². The zero-order chi connectivity index (χ0) is 22.3. The Morgan fingerprint density at radius 2 is 1.87 bits per heavy atom. The highest BCUT2D eigenvalue weighted by Gasteiger charge is 2.52. The molecule has 0 atom stereocenters. The molecule has 4 rings (SSSR count). The monoisotopic (exact) mass is 422 g/mol. The Morgan fingerprint density at radius 3 is 2.40 bits per heavy atom. The molecule has 3 heterocycles. The van der Waals surface area contributed by atoms with Gasteiger partial charge in [-0.3, -0.25) is 19.0 Å². The minimum atomic E-state index is -1.20. The van der Waals surface area contributed by atoms with Gasteiger partial charge in [0, 0.05) is 26.1 Å². The van der Waals surface area contributed by atoms with Gasteiger partial charge in [-0.1, -0.05) is 0 Å². The third-order valence-corrected chi connectivity index (χ3v) is 5.99. The van der Waals surface area contributed by atoms with Crippen molar-refractivity contribution < 1.29 is 29.3 Å². The van der Waals surface area contributed by atoms with Crippen molar-refractivity contribution in [2.45, 2.75) is 44.7 Å². The molecule has 3 aliphatic rings. The van der Waals surface area contributed by atoms with Crippen LogP contribution in [0.5, 0.6) is 5.75 Å². The van der Waals surface area contributed by atoms with Crippen molar-refractivity contribution in [3.05, 3.63) is 21.9 Å². The van der Waals surface area contributed by atoms with E-state index in [1.807, 2.05) is 0 Å². The van der Waals surface area contributed by atoms with E-state index in [1.54, 1.807) is 6.92 Å². The molecule has 2 amide bonds. The van der Waals surface area contributed by atoms with Gasteiger partial charge in [0.15, 0.2) is 5.69 Å². The first-order valence-corrected chi connectivity index (χ1v) is 9.76. The second kappa shape index (κ2) is 7.71. The van der Waals surface area contributed by atoms with Crippen LogP contribution < -0.4 is 10.9 Å². The summed E-state index contributed by atoms with van der Waals surface area (Å²) in [5.74, 6) is -3.38. The van der Waals surface area contributed by atoms with Crippen LogP contribution in [-0.2, 0) is 26.4 Å². The van der Waals surface area contributed by atoms with Gasteiger partial charge in [0.25, 0.3) is 5.56 Å². The van der Waals surface area contributed by atoms with Crippen LogP contribution in [0.3, 0.4) is 0 Å². The number of hydrogen-bond acceptors (Lipinski definition) is 8. The van der Waals surface area contributed by atoms with E-state index in [0.29, 0.717) is 25.7 Å². The first kappa shape index (κ1) is 21.8. The molecule has 0 spiro atoms. The number of aliphatic hydroxyl groups excluding tert-OH is 1. The average molecular weight is 422 g/mol. The average Bonchev–Trinajstić information content (AvgIpc) is 2.94. The molecule has 164 valence electrons. The molecule has 1 aromatic rings. The number of hydrogen-bond donors (Lipinski definition) is 3. The number of aromatic hydroxyl groups is 1. The maximum atomic E-state index is 12.9. The fourth-order valence-corrected chi connectivity index (χ4v) is 4.19. The van der Waals surface area contributed by atoms with Crippen molar-refractivity contribution >= 4 is 17.8 Å². The molecule has 0 radical (unpaired) electrons. The summed E-state index contributed by atoms with van der Waals surface area (Å²) < 4.78 is 6.08. The molecule has 30 heavy (non-hydrogen) atoms. The molecular weight excluding hydrogens is 396 g/mol. The Bertz CT molecular complexity index is 945. The van der Waals surface area contributed by atoms with Crippen LogP contribution in [0, 0.1) is 5.41 Å². The van der Waals surface area contributed by atoms with E-state index >= 15 is 0 Å². The molecule has 0 unspecified atom stereocenters. The molecule has 11 heteroatoms. The molecule has 1 aliphatic carbocycles. The van der Waals surface area contributed by atoms with Gasteiger partial charge >= 0.3 is 17.8 Å². The van der Waals surface area contributed by atoms with Gasteiger partial charge in [-0.25, -0.2) is 9.78 Å². The number of carbonyl (C=O) groups excluding carboxylic acids is 3. The summed E-state index contributed by atoms with van der Waals surface area (Å²) in [6, 6.07) is 0. The SMILES string of the molecule is CCOC(=O)c1nc2n(c(=O)c1O)CC1(CO)CCC2(NC(=O)C(=O)N(C)C)CC1. The lowest BCUT2D eigenvalue weighted by atomic mass is 9.69. The normalized spacial score (nSPS) is 24.5. The van der Waals surface area contributed by atoms with E-state index in [9.17, 15) is 29.4 Å². The zero-order valence-corrected chi connectivity index (χ0v) is 17.2. The number of ether oxygens (including phenoxy) is 1. The number of aromatic nitrogens is 2. The smallest absolute Gasteiger partial charge is 0.361 e. The zero-order valence-electron chi connectivity index (χ0n) is 17.2. The van der Waals surface area contributed by atoms with E-state index in [1.165, 1.54) is 18.7 Å². The Hall–Kier alpha value is -2.95. The standard InChI is InChI=1S/C19H26N4O7/c1-4-30-16(29)11-12(25)14(27)23-9-18(10-24)5-7-19(8-6-18,17(23)20-11)21-13(26)15(28)22(2)3/h24-25H,4-10H2,1-3H3,(H,21,26). The first-order valence-electron chi connectivity index (χ1n) is 9.76. The summed E-state index contributed by atoms with van der Waals surface area (Å²) in [5, 5.41) is 23.0. The molecule has 2 bridgehead atoms. The summed E-state index contributed by atoms with van der Waals surface area (Å²) in [5.41, 5.74) is -3.23. The van der Waals surface area contributed by atoms with Gasteiger partial charge in [-0.15, -0.1) is 0 Å². The van der Waals surface area contributed by atoms with Crippen LogP contribution in [0.1, 0.15) is 48.9 Å². The van der Waals surface area contributed by atoms with Gasteiger partial charge in [0.2, 0.25) is 5.75 Å². The van der Waals surface area contributed by atoms with E-state index in [-0.39, 0.29) is 25.6 Å². The summed E-state index contributed by atoms with van der Waals surface area (Å²) in [6.07, 6.45) is 1.52. The van der Waals surface area contributed by atoms with E-state index < -0.39 is 45.7 Å². The molecule has 0 aromatic carbocycles. The number of nitrogens with one attached hydrogen (secondary N) is 1.